The van der Waals surface area contributed by atoms with Gasteiger partial charge in [-0.3, -0.25) is 9.79 Å². The van der Waals surface area contributed by atoms with Gasteiger partial charge in [-0.15, -0.1) is 0 Å². The number of halogens is 1. The fourth-order valence-electron chi connectivity index (χ4n) is 4.52. The van der Waals surface area contributed by atoms with Crippen LogP contribution in [0.1, 0.15) is 21.5 Å². The van der Waals surface area contributed by atoms with E-state index in [-0.39, 0.29) is 24.5 Å². The number of rotatable bonds is 4. The van der Waals surface area contributed by atoms with Crippen molar-refractivity contribution in [3.05, 3.63) is 106 Å². The molecule has 2 aliphatic rings. The molecule has 1 saturated heterocycles. The number of hydrogen-bond acceptors (Lipinski definition) is 5. The first-order chi connectivity index (χ1) is 17.0. The van der Waals surface area contributed by atoms with Crippen LogP contribution in [-0.4, -0.2) is 41.7 Å². The van der Waals surface area contributed by atoms with Gasteiger partial charge in [0.25, 0.3) is 5.91 Å². The number of amides is 2. The van der Waals surface area contributed by atoms with E-state index in [4.69, 9.17) is 4.74 Å². The minimum absolute atomic E-state index is 0.0865. The second-order valence-electron chi connectivity index (χ2n) is 8.59. The Balaban J connectivity index is 1.36. The van der Waals surface area contributed by atoms with Crippen molar-refractivity contribution in [3.8, 4) is 0 Å². The number of nitrogens with one attached hydrogen (secondary N) is 1. The zero-order valence-corrected chi connectivity index (χ0v) is 21.3. The lowest BCUT2D eigenvalue weighted by Gasteiger charge is -2.37. The maximum absolute atomic E-state index is 13.0. The largest absolute Gasteiger partial charge is 0.445 e. The fraction of sp³-hybridized carbons (Fsp3) is 0.222. The topological polar surface area (TPSA) is 71.0 Å². The molecule has 3 aromatic carbocycles. The number of benzene rings is 3. The third-order valence-electron chi connectivity index (χ3n) is 6.29. The first kappa shape index (κ1) is 23.6. The molecule has 5 rings (SSSR count). The van der Waals surface area contributed by atoms with Crippen LogP contribution in [0.3, 0.4) is 0 Å². The Labute approximate surface area is 216 Å². The van der Waals surface area contributed by atoms with Gasteiger partial charge in [-0.2, -0.15) is 0 Å². The molecule has 1 fully saturated rings. The van der Waals surface area contributed by atoms with Gasteiger partial charge in [-0.25, -0.2) is 4.79 Å². The normalized spacial score (nSPS) is 21.1. The van der Waals surface area contributed by atoms with Gasteiger partial charge < -0.3 is 15.0 Å². The van der Waals surface area contributed by atoms with Crippen molar-refractivity contribution in [1.29, 1.82) is 0 Å². The SMILES string of the molecule is O=C(NC1=NCC2CN(C(=O)OCc3ccccc3)CC2(c2cccc(Br)c2)S1)c1ccccc1. The van der Waals surface area contributed by atoms with Crippen LogP contribution in [0.15, 0.2) is 94.4 Å². The molecule has 2 atom stereocenters. The zero-order valence-electron chi connectivity index (χ0n) is 18.9. The maximum atomic E-state index is 13.0. The number of likely N-dealkylation sites (tertiary alicyclic amines) is 1. The van der Waals surface area contributed by atoms with Crippen LogP contribution in [0.4, 0.5) is 4.79 Å². The Kier molecular flexibility index (Phi) is 6.92. The van der Waals surface area contributed by atoms with E-state index >= 15 is 0 Å². The lowest BCUT2D eigenvalue weighted by molar-refractivity contribution is 0.0976. The fourth-order valence-corrected chi connectivity index (χ4v) is 6.33. The first-order valence-electron chi connectivity index (χ1n) is 11.3. The monoisotopic (exact) mass is 549 g/mol. The second-order valence-corrected chi connectivity index (χ2v) is 10.8. The van der Waals surface area contributed by atoms with E-state index in [2.05, 4.69) is 38.4 Å². The van der Waals surface area contributed by atoms with Crippen molar-refractivity contribution in [2.75, 3.05) is 19.6 Å². The molecule has 2 unspecified atom stereocenters. The Bertz CT molecular complexity index is 1250. The Morgan fingerprint density at radius 3 is 2.54 bits per heavy atom. The molecule has 8 heteroatoms. The molecule has 3 aromatic rings. The van der Waals surface area contributed by atoms with Gasteiger partial charge in [0.1, 0.15) is 6.61 Å². The first-order valence-corrected chi connectivity index (χ1v) is 13.0. The third kappa shape index (κ3) is 5.13. The molecule has 0 bridgehead atoms. The molecule has 2 amide bonds. The van der Waals surface area contributed by atoms with Gasteiger partial charge in [-0.05, 0) is 35.4 Å². The van der Waals surface area contributed by atoms with Crippen LogP contribution >= 0.6 is 27.7 Å². The van der Waals surface area contributed by atoms with E-state index in [1.165, 1.54) is 11.8 Å². The lowest BCUT2D eigenvalue weighted by Crippen LogP contribution is -2.42. The molecule has 2 aliphatic heterocycles. The third-order valence-corrected chi connectivity index (χ3v) is 8.27. The van der Waals surface area contributed by atoms with Gasteiger partial charge in [0.05, 0.1) is 4.75 Å². The van der Waals surface area contributed by atoms with Crippen molar-refractivity contribution < 1.29 is 14.3 Å². The Morgan fingerprint density at radius 2 is 1.80 bits per heavy atom. The van der Waals surface area contributed by atoms with Gasteiger partial charge in [0.15, 0.2) is 5.17 Å². The highest BCUT2D eigenvalue weighted by Gasteiger charge is 2.53. The standard InChI is InChI=1S/C27H24BrN3O3S/c28-23-13-7-12-21(14-23)27-18-31(26(33)34-17-19-8-3-1-4-9-19)16-22(27)15-29-25(35-27)30-24(32)20-10-5-2-6-11-20/h1-14,22H,15-18H2,(H,29,30,32). The number of amidine groups is 1. The van der Waals surface area contributed by atoms with Crippen molar-refractivity contribution in [2.24, 2.45) is 10.9 Å². The maximum Gasteiger partial charge on any atom is 0.410 e. The number of aliphatic imine (C=N–C) groups is 1. The van der Waals surface area contributed by atoms with E-state index in [0.717, 1.165) is 15.6 Å². The van der Waals surface area contributed by atoms with Crippen LogP contribution in [0.2, 0.25) is 0 Å². The number of ether oxygens (including phenoxy) is 1. The van der Waals surface area contributed by atoms with Crippen molar-refractivity contribution in [3.63, 3.8) is 0 Å². The number of hydrogen-bond donors (Lipinski definition) is 1. The number of carbonyl (C=O) groups is 2. The number of nitrogens with zero attached hydrogens (tertiary/aromatic N) is 2. The van der Waals surface area contributed by atoms with Crippen LogP contribution in [-0.2, 0) is 16.1 Å². The van der Waals surface area contributed by atoms with Crippen LogP contribution in [0, 0.1) is 5.92 Å². The molecule has 0 aromatic heterocycles. The van der Waals surface area contributed by atoms with Crippen molar-refractivity contribution >= 4 is 44.9 Å². The summed E-state index contributed by atoms with van der Waals surface area (Å²) >= 11 is 5.11. The average molecular weight is 550 g/mol. The summed E-state index contributed by atoms with van der Waals surface area (Å²) in [5.41, 5.74) is 2.61. The van der Waals surface area contributed by atoms with Gasteiger partial charge in [0.2, 0.25) is 0 Å². The van der Waals surface area contributed by atoms with Crippen molar-refractivity contribution in [2.45, 2.75) is 11.4 Å². The van der Waals surface area contributed by atoms with Crippen LogP contribution in [0.5, 0.6) is 0 Å². The highest BCUT2D eigenvalue weighted by molar-refractivity contribution is 9.10. The van der Waals surface area contributed by atoms with E-state index in [9.17, 15) is 9.59 Å². The number of carbonyl (C=O) groups excluding carboxylic acids is 2. The summed E-state index contributed by atoms with van der Waals surface area (Å²) in [6.45, 7) is 1.74. The molecule has 1 N–H and O–H groups in total. The highest BCUT2D eigenvalue weighted by atomic mass is 79.9. The second kappa shape index (κ2) is 10.3. The summed E-state index contributed by atoms with van der Waals surface area (Å²) in [6.07, 6.45) is -0.340. The molecular weight excluding hydrogens is 526 g/mol. The minimum atomic E-state index is -0.448. The van der Waals surface area contributed by atoms with Crippen LogP contribution < -0.4 is 5.32 Å². The summed E-state index contributed by atoms with van der Waals surface area (Å²) in [5.74, 6) is -0.111. The van der Waals surface area contributed by atoms with Crippen LogP contribution in [0.25, 0.3) is 0 Å². The predicted octanol–water partition coefficient (Wildman–Crippen LogP) is 5.45. The molecular formula is C27H24BrN3O3S. The minimum Gasteiger partial charge on any atom is -0.445 e. The van der Waals surface area contributed by atoms with E-state index in [1.807, 2.05) is 60.7 Å². The number of thioether (sulfide) groups is 1. The molecule has 35 heavy (non-hydrogen) atoms. The smallest absolute Gasteiger partial charge is 0.410 e. The summed E-state index contributed by atoms with van der Waals surface area (Å²) in [6, 6.07) is 26.9. The van der Waals surface area contributed by atoms with Gasteiger partial charge >= 0.3 is 6.09 Å². The summed E-state index contributed by atoms with van der Waals surface area (Å²) < 4.78 is 6.15. The quantitative estimate of drug-likeness (QED) is 0.470. The summed E-state index contributed by atoms with van der Waals surface area (Å²) in [4.78, 5) is 32.3. The summed E-state index contributed by atoms with van der Waals surface area (Å²) in [5, 5.41) is 3.54. The van der Waals surface area contributed by atoms with E-state index in [0.29, 0.717) is 30.4 Å². The zero-order chi connectivity index (χ0) is 24.3. The predicted molar refractivity (Wildman–Crippen MR) is 141 cm³/mol. The Hall–Kier alpha value is -3.10. The number of fused-ring (bicyclic) bond motifs is 1. The molecule has 0 saturated carbocycles. The summed E-state index contributed by atoms with van der Waals surface area (Å²) in [7, 11) is 0. The van der Waals surface area contributed by atoms with Crippen molar-refractivity contribution in [1.82, 2.24) is 10.2 Å². The average Bonchev–Trinajstić information content (AvgIpc) is 3.29. The molecule has 2 heterocycles. The van der Waals surface area contributed by atoms with E-state index < -0.39 is 4.75 Å². The molecule has 178 valence electrons. The van der Waals surface area contributed by atoms with Gasteiger partial charge in [-0.1, -0.05) is 88.4 Å². The molecule has 0 aliphatic carbocycles. The van der Waals surface area contributed by atoms with E-state index in [1.54, 1.807) is 17.0 Å². The highest BCUT2D eigenvalue weighted by Crippen LogP contribution is 2.51. The molecule has 0 spiro atoms. The molecule has 6 nitrogen and oxygen atoms in total. The van der Waals surface area contributed by atoms with Gasteiger partial charge in [0, 0.05) is 35.6 Å². The lowest BCUT2D eigenvalue weighted by atomic mass is 9.87. The Morgan fingerprint density at radius 1 is 1.06 bits per heavy atom. The molecule has 0 radical (unpaired) electrons.